The molecule has 2 amide bonds. The van der Waals surface area contributed by atoms with Crippen LogP contribution in [0.15, 0.2) is 0 Å². The molecular formula is C14H24N2O2. The number of carbonyl (C=O) groups is 2. The lowest BCUT2D eigenvalue weighted by Crippen LogP contribution is -2.68. The first-order chi connectivity index (χ1) is 8.59. The molecule has 1 saturated heterocycles. The minimum atomic E-state index is -0.574. The Morgan fingerprint density at radius 1 is 1.28 bits per heavy atom. The van der Waals surface area contributed by atoms with Crippen molar-refractivity contribution in [3.63, 3.8) is 0 Å². The van der Waals surface area contributed by atoms with Crippen molar-refractivity contribution in [3.05, 3.63) is 0 Å². The zero-order valence-corrected chi connectivity index (χ0v) is 11.5. The van der Waals surface area contributed by atoms with Crippen LogP contribution in [0.4, 0.5) is 0 Å². The molecule has 2 fully saturated rings. The van der Waals surface area contributed by atoms with Gasteiger partial charge in [0.1, 0.15) is 5.54 Å². The van der Waals surface area contributed by atoms with Crippen LogP contribution in [-0.4, -0.2) is 34.8 Å². The molecule has 1 aliphatic heterocycles. The summed E-state index contributed by atoms with van der Waals surface area (Å²) in [7, 11) is 0. The first kappa shape index (κ1) is 13.4. The van der Waals surface area contributed by atoms with Crippen LogP contribution in [0.5, 0.6) is 0 Å². The van der Waals surface area contributed by atoms with E-state index in [4.69, 9.17) is 0 Å². The summed E-state index contributed by atoms with van der Waals surface area (Å²) >= 11 is 0. The van der Waals surface area contributed by atoms with Crippen molar-refractivity contribution in [2.45, 2.75) is 70.4 Å². The molecule has 0 radical (unpaired) electrons. The topological polar surface area (TPSA) is 49.4 Å². The molecule has 2 aliphatic rings. The van der Waals surface area contributed by atoms with Crippen molar-refractivity contribution in [2.75, 3.05) is 6.54 Å². The SMILES string of the molecule is CCCC(C)N1CC(=O)NC2(CCCCC2)C1=O. The van der Waals surface area contributed by atoms with E-state index in [1.165, 1.54) is 6.42 Å². The van der Waals surface area contributed by atoms with Gasteiger partial charge in [-0.25, -0.2) is 0 Å². The molecule has 18 heavy (non-hydrogen) atoms. The summed E-state index contributed by atoms with van der Waals surface area (Å²) in [6, 6.07) is 0.173. The van der Waals surface area contributed by atoms with Gasteiger partial charge in [0.2, 0.25) is 11.8 Å². The molecule has 1 spiro atoms. The average molecular weight is 252 g/mol. The lowest BCUT2D eigenvalue weighted by atomic mass is 9.79. The van der Waals surface area contributed by atoms with Crippen molar-refractivity contribution < 1.29 is 9.59 Å². The Balaban J connectivity index is 2.17. The molecule has 1 saturated carbocycles. The predicted molar refractivity (Wildman–Crippen MR) is 70.0 cm³/mol. The summed E-state index contributed by atoms with van der Waals surface area (Å²) in [6.45, 7) is 4.40. The number of nitrogens with zero attached hydrogens (tertiary/aromatic N) is 1. The highest BCUT2D eigenvalue weighted by Gasteiger charge is 2.47. The van der Waals surface area contributed by atoms with Gasteiger partial charge in [-0.2, -0.15) is 0 Å². The standard InChI is InChI=1S/C14H24N2O2/c1-3-7-11(2)16-10-12(17)15-14(13(16)18)8-5-4-6-9-14/h11H,3-10H2,1-2H3,(H,15,17). The molecule has 1 atom stereocenters. The lowest BCUT2D eigenvalue weighted by Gasteiger charge is -2.46. The van der Waals surface area contributed by atoms with E-state index in [1.54, 1.807) is 4.90 Å². The minimum Gasteiger partial charge on any atom is -0.340 e. The van der Waals surface area contributed by atoms with E-state index in [0.717, 1.165) is 38.5 Å². The van der Waals surface area contributed by atoms with Gasteiger partial charge < -0.3 is 10.2 Å². The first-order valence-electron chi connectivity index (χ1n) is 7.21. The van der Waals surface area contributed by atoms with Crippen LogP contribution in [0.3, 0.4) is 0 Å². The van der Waals surface area contributed by atoms with E-state index in [2.05, 4.69) is 19.2 Å². The highest BCUT2D eigenvalue weighted by Crippen LogP contribution is 2.32. The van der Waals surface area contributed by atoms with Gasteiger partial charge in [0.25, 0.3) is 0 Å². The van der Waals surface area contributed by atoms with E-state index >= 15 is 0 Å². The number of nitrogens with one attached hydrogen (secondary N) is 1. The van der Waals surface area contributed by atoms with Crippen molar-refractivity contribution >= 4 is 11.8 Å². The van der Waals surface area contributed by atoms with Gasteiger partial charge in [-0.05, 0) is 26.2 Å². The number of hydrogen-bond acceptors (Lipinski definition) is 2. The maximum absolute atomic E-state index is 12.7. The predicted octanol–water partition coefficient (Wildman–Crippen LogP) is 1.84. The van der Waals surface area contributed by atoms with Crippen molar-refractivity contribution in [3.8, 4) is 0 Å². The molecule has 4 nitrogen and oxygen atoms in total. The highest BCUT2D eigenvalue weighted by molar-refractivity contribution is 5.98. The third-order valence-electron chi connectivity index (χ3n) is 4.31. The molecule has 1 N–H and O–H groups in total. The first-order valence-corrected chi connectivity index (χ1v) is 7.21. The number of rotatable bonds is 3. The summed E-state index contributed by atoms with van der Waals surface area (Å²) in [5.74, 6) is 0.169. The van der Waals surface area contributed by atoms with Crippen molar-refractivity contribution in [1.29, 1.82) is 0 Å². The average Bonchev–Trinajstić information content (AvgIpc) is 2.35. The molecule has 1 unspecified atom stereocenters. The molecule has 1 heterocycles. The fourth-order valence-electron chi connectivity index (χ4n) is 3.29. The van der Waals surface area contributed by atoms with E-state index in [9.17, 15) is 9.59 Å². The van der Waals surface area contributed by atoms with Gasteiger partial charge in [0.15, 0.2) is 0 Å². The zero-order valence-electron chi connectivity index (χ0n) is 11.5. The van der Waals surface area contributed by atoms with Gasteiger partial charge in [0, 0.05) is 6.04 Å². The summed E-state index contributed by atoms with van der Waals surface area (Å²) in [5, 5.41) is 2.98. The van der Waals surface area contributed by atoms with Crippen molar-refractivity contribution in [2.24, 2.45) is 0 Å². The fourth-order valence-corrected chi connectivity index (χ4v) is 3.29. The Morgan fingerprint density at radius 2 is 1.94 bits per heavy atom. The third kappa shape index (κ3) is 2.38. The van der Waals surface area contributed by atoms with E-state index < -0.39 is 5.54 Å². The monoisotopic (exact) mass is 252 g/mol. The summed E-state index contributed by atoms with van der Waals surface area (Å²) in [4.78, 5) is 26.4. The minimum absolute atomic E-state index is 0.0134. The van der Waals surface area contributed by atoms with E-state index in [-0.39, 0.29) is 24.4 Å². The quantitative estimate of drug-likeness (QED) is 0.833. The van der Waals surface area contributed by atoms with Crippen LogP contribution in [0.1, 0.15) is 58.8 Å². The highest BCUT2D eigenvalue weighted by atomic mass is 16.2. The molecule has 102 valence electrons. The van der Waals surface area contributed by atoms with Gasteiger partial charge in [-0.15, -0.1) is 0 Å². The smallest absolute Gasteiger partial charge is 0.249 e. The summed E-state index contributed by atoms with van der Waals surface area (Å²) in [6.07, 6.45) is 6.90. The van der Waals surface area contributed by atoms with Gasteiger partial charge in [-0.3, -0.25) is 9.59 Å². The van der Waals surface area contributed by atoms with Crippen LogP contribution in [0.2, 0.25) is 0 Å². The van der Waals surface area contributed by atoms with Gasteiger partial charge in [-0.1, -0.05) is 32.6 Å². The second-order valence-corrected chi connectivity index (χ2v) is 5.76. The van der Waals surface area contributed by atoms with Gasteiger partial charge >= 0.3 is 0 Å². The number of amides is 2. The Morgan fingerprint density at radius 3 is 2.56 bits per heavy atom. The molecular weight excluding hydrogens is 228 g/mol. The molecule has 0 aromatic rings. The van der Waals surface area contributed by atoms with Crippen LogP contribution >= 0.6 is 0 Å². The second-order valence-electron chi connectivity index (χ2n) is 5.76. The Kier molecular flexibility index (Phi) is 3.93. The maximum atomic E-state index is 12.7. The second kappa shape index (κ2) is 5.29. The Hall–Kier alpha value is -1.06. The fraction of sp³-hybridized carbons (Fsp3) is 0.857. The molecule has 4 heteroatoms. The van der Waals surface area contributed by atoms with Crippen molar-refractivity contribution in [1.82, 2.24) is 10.2 Å². The lowest BCUT2D eigenvalue weighted by molar-refractivity contribution is -0.153. The summed E-state index contributed by atoms with van der Waals surface area (Å²) < 4.78 is 0. The zero-order chi connectivity index (χ0) is 13.2. The third-order valence-corrected chi connectivity index (χ3v) is 4.31. The number of hydrogen-bond donors (Lipinski definition) is 1. The van der Waals surface area contributed by atoms with Gasteiger partial charge in [0.05, 0.1) is 6.54 Å². The normalized spacial score (nSPS) is 25.1. The van der Waals surface area contributed by atoms with Crippen LogP contribution in [0.25, 0.3) is 0 Å². The molecule has 1 aliphatic carbocycles. The van der Waals surface area contributed by atoms with E-state index in [1.807, 2.05) is 0 Å². The van der Waals surface area contributed by atoms with Crippen LogP contribution in [-0.2, 0) is 9.59 Å². The Labute approximate surface area is 109 Å². The number of piperazine rings is 1. The maximum Gasteiger partial charge on any atom is 0.249 e. The summed E-state index contributed by atoms with van der Waals surface area (Å²) in [5.41, 5.74) is -0.574. The molecule has 0 aromatic heterocycles. The van der Waals surface area contributed by atoms with E-state index in [0.29, 0.717) is 0 Å². The Bertz CT molecular complexity index is 335. The molecule has 0 bridgehead atoms. The largest absolute Gasteiger partial charge is 0.340 e. The van der Waals surface area contributed by atoms with Crippen LogP contribution < -0.4 is 5.32 Å². The number of carbonyl (C=O) groups excluding carboxylic acids is 2. The van der Waals surface area contributed by atoms with Crippen LogP contribution in [0, 0.1) is 0 Å². The molecule has 2 rings (SSSR count). The molecule has 0 aromatic carbocycles.